The fraction of sp³-hybridized carbons (Fsp3) is 0.800. The Labute approximate surface area is 58.6 Å². The van der Waals surface area contributed by atoms with Crippen LogP contribution >= 0.6 is 11.8 Å². The van der Waals surface area contributed by atoms with Gasteiger partial charge in [0.05, 0.1) is 0 Å². The molecule has 0 spiro atoms. The van der Waals surface area contributed by atoms with Crippen molar-refractivity contribution in [1.29, 1.82) is 0 Å². The van der Waals surface area contributed by atoms with Crippen molar-refractivity contribution in [3.8, 4) is 0 Å². The van der Waals surface area contributed by atoms with Gasteiger partial charge in [0.1, 0.15) is 6.04 Å². The number of carboxylic acid groups (broad SMARTS) is 1. The second-order valence-corrected chi connectivity index (χ2v) is 2.71. The average Bonchev–Trinajstić information content (AvgIpc) is 1.82. The fourth-order valence-corrected chi connectivity index (χ4v) is 0.858. The van der Waals surface area contributed by atoms with E-state index >= 15 is 0 Å². The number of carbonyl (C=O) groups is 1. The van der Waals surface area contributed by atoms with Gasteiger partial charge in [-0.05, 0) is 18.4 Å². The minimum absolute atomic E-state index is 0.552. The van der Waals surface area contributed by atoms with Crippen LogP contribution in [-0.2, 0) is 4.79 Å². The Morgan fingerprint density at radius 3 is 2.78 bits per heavy atom. The standard InChI is InChI=1S/C5H11NO2S/c1-9-3-2-4(6)5(7)8/h4H,2-3,6H2,1H3,(H,7,8)/t4-/m0/s1/i4+0. The molecule has 3 nitrogen and oxygen atoms in total. The molecular formula is C5H11NO2S. The van der Waals surface area contributed by atoms with Crippen LogP contribution in [0.5, 0.6) is 0 Å². The van der Waals surface area contributed by atoms with Crippen molar-refractivity contribution in [2.45, 2.75) is 12.5 Å². The molecule has 0 aliphatic heterocycles. The van der Waals surface area contributed by atoms with E-state index in [1.54, 1.807) is 11.8 Å². The Bertz CT molecular complexity index is 97.0. The minimum atomic E-state index is -0.913. The maximum atomic E-state index is 10.1. The molecule has 0 aromatic rings. The van der Waals surface area contributed by atoms with E-state index < -0.39 is 12.0 Å². The molecule has 0 rings (SSSR count). The minimum Gasteiger partial charge on any atom is -0.480 e. The Hall–Kier alpha value is -0.220. The average molecular weight is 149 g/mol. The number of carboxylic acids is 1. The summed E-state index contributed by atoms with van der Waals surface area (Å²) in [5.74, 6) is -0.1000. The van der Waals surface area contributed by atoms with Gasteiger partial charge in [0.2, 0.25) is 0 Å². The summed E-state index contributed by atoms with van der Waals surface area (Å²) in [5.41, 5.74) is 5.19. The topological polar surface area (TPSA) is 63.3 Å². The summed E-state index contributed by atoms with van der Waals surface area (Å²) < 4.78 is 0. The van der Waals surface area contributed by atoms with Gasteiger partial charge in [-0.25, -0.2) is 0 Å². The van der Waals surface area contributed by atoms with Crippen LogP contribution < -0.4 is 5.73 Å². The molecule has 0 heterocycles. The van der Waals surface area contributed by atoms with Crippen molar-refractivity contribution in [3.63, 3.8) is 0 Å². The van der Waals surface area contributed by atoms with Gasteiger partial charge in [0, 0.05) is 0 Å². The molecule has 0 saturated carbocycles. The van der Waals surface area contributed by atoms with Crippen LogP contribution in [0.3, 0.4) is 0 Å². The van der Waals surface area contributed by atoms with E-state index in [1.165, 1.54) is 0 Å². The van der Waals surface area contributed by atoms with Gasteiger partial charge < -0.3 is 10.8 Å². The summed E-state index contributed by atoms with van der Waals surface area (Å²) in [6, 6.07) is -0.683. The normalized spacial score (nSPS) is 13.1. The molecule has 9 heavy (non-hydrogen) atoms. The summed E-state index contributed by atoms with van der Waals surface area (Å²) in [6.45, 7) is 0. The highest BCUT2D eigenvalue weighted by Crippen LogP contribution is 1.97. The summed E-state index contributed by atoms with van der Waals surface area (Å²) in [6.07, 6.45) is 2.48. The highest BCUT2D eigenvalue weighted by molar-refractivity contribution is 7.98. The molecule has 0 aliphatic carbocycles. The van der Waals surface area contributed by atoms with E-state index in [9.17, 15) is 4.79 Å². The summed E-state index contributed by atoms with van der Waals surface area (Å²) in [4.78, 5) is 10.1. The monoisotopic (exact) mass is 149 g/mol. The van der Waals surface area contributed by atoms with Gasteiger partial charge in [-0.3, -0.25) is 4.79 Å². The van der Waals surface area contributed by atoms with Crippen LogP contribution in [0.15, 0.2) is 0 Å². The number of aliphatic carboxylic acids is 1. The van der Waals surface area contributed by atoms with Gasteiger partial charge in [0.25, 0.3) is 0 Å². The Morgan fingerprint density at radius 1 is 1.89 bits per heavy atom. The smallest absolute Gasteiger partial charge is 0.320 e. The van der Waals surface area contributed by atoms with E-state index in [2.05, 4.69) is 0 Å². The molecule has 0 saturated heterocycles. The number of thioether (sulfide) groups is 1. The maximum Gasteiger partial charge on any atom is 0.320 e. The van der Waals surface area contributed by atoms with Gasteiger partial charge >= 0.3 is 5.97 Å². The number of hydrogen-bond acceptors (Lipinski definition) is 3. The first-order valence-corrected chi connectivity index (χ1v) is 4.05. The van der Waals surface area contributed by atoms with E-state index in [4.69, 9.17) is 10.8 Å². The number of rotatable bonds is 4. The van der Waals surface area contributed by atoms with Crippen LogP contribution in [0.4, 0.5) is 0 Å². The van der Waals surface area contributed by atoms with E-state index in [0.717, 1.165) is 5.75 Å². The molecule has 0 fully saturated rings. The molecule has 0 aromatic carbocycles. The van der Waals surface area contributed by atoms with Gasteiger partial charge in [-0.2, -0.15) is 11.8 Å². The Kier molecular flexibility index (Phi) is 4.53. The maximum absolute atomic E-state index is 10.1. The summed E-state index contributed by atoms with van der Waals surface area (Å²) in [7, 11) is 0. The predicted molar refractivity (Wildman–Crippen MR) is 38.6 cm³/mol. The van der Waals surface area contributed by atoms with Gasteiger partial charge in [-0.15, -0.1) is 0 Å². The van der Waals surface area contributed by atoms with Crippen molar-refractivity contribution in [1.82, 2.24) is 0 Å². The molecule has 54 valence electrons. The summed E-state index contributed by atoms with van der Waals surface area (Å²) >= 11 is 1.60. The third-order valence-corrected chi connectivity index (χ3v) is 1.59. The van der Waals surface area contributed by atoms with Crippen LogP contribution in [0.25, 0.3) is 0 Å². The molecule has 0 aromatic heterocycles. The lowest BCUT2D eigenvalue weighted by Gasteiger charge is -2.02. The highest BCUT2D eigenvalue weighted by atomic mass is 32.2. The molecule has 0 bridgehead atoms. The van der Waals surface area contributed by atoms with Crippen molar-refractivity contribution in [2.75, 3.05) is 12.0 Å². The zero-order valence-electron chi connectivity index (χ0n) is 5.33. The van der Waals surface area contributed by atoms with Crippen LogP contribution in [-0.4, -0.2) is 29.1 Å². The quantitative estimate of drug-likeness (QED) is 0.597. The van der Waals surface area contributed by atoms with Crippen molar-refractivity contribution < 1.29 is 9.90 Å². The molecule has 1 atom stereocenters. The second kappa shape index (κ2) is 4.64. The molecule has 0 unspecified atom stereocenters. The lowest BCUT2D eigenvalue weighted by atomic mass is 10.2. The van der Waals surface area contributed by atoms with Gasteiger partial charge in [-0.1, -0.05) is 0 Å². The lowest BCUT2D eigenvalue weighted by Crippen LogP contribution is -2.30. The zero-order chi connectivity index (χ0) is 7.28. The van der Waals surface area contributed by atoms with Crippen LogP contribution in [0, 0.1) is 0 Å². The lowest BCUT2D eigenvalue weighted by molar-refractivity contribution is -0.138. The number of nitrogens with two attached hydrogens (primary N) is 1. The van der Waals surface area contributed by atoms with Crippen molar-refractivity contribution in [2.24, 2.45) is 5.73 Å². The van der Waals surface area contributed by atoms with E-state index in [-0.39, 0.29) is 0 Å². The molecule has 0 amide bonds. The first-order chi connectivity index (χ1) is 4.18. The van der Waals surface area contributed by atoms with Crippen molar-refractivity contribution in [3.05, 3.63) is 0 Å². The SMILES string of the molecule is CSCC[12C@H](N)C(=O)O. The van der Waals surface area contributed by atoms with Crippen LogP contribution in [0.1, 0.15) is 6.42 Å². The zero-order valence-corrected chi connectivity index (χ0v) is 6.15. The first-order valence-electron chi connectivity index (χ1n) is 2.65. The summed E-state index contributed by atoms with van der Waals surface area (Å²) in [5, 5.41) is 8.27. The van der Waals surface area contributed by atoms with Crippen LogP contribution in [0.2, 0.25) is 0 Å². The highest BCUT2D eigenvalue weighted by Gasteiger charge is 2.08. The third-order valence-electron chi connectivity index (χ3n) is 0.950. The van der Waals surface area contributed by atoms with E-state index in [1.807, 2.05) is 6.26 Å². The first kappa shape index (κ1) is 8.78. The second-order valence-electron chi connectivity index (χ2n) is 1.73. The molecular weight excluding hydrogens is 138 g/mol. The van der Waals surface area contributed by atoms with Gasteiger partial charge in [0.15, 0.2) is 0 Å². The van der Waals surface area contributed by atoms with Crippen molar-refractivity contribution >= 4 is 17.7 Å². The van der Waals surface area contributed by atoms with E-state index in [0.29, 0.717) is 6.42 Å². The largest absolute Gasteiger partial charge is 0.480 e. The Balaban J connectivity index is 3.27. The molecule has 0 aliphatic rings. The predicted octanol–water partition coefficient (Wildman–Crippen LogP) is 0.151. The third kappa shape index (κ3) is 4.29. The molecule has 4 heteroatoms. The molecule has 0 radical (unpaired) electrons. The molecule has 3 N–H and O–H groups in total. The number of hydrogen-bond donors (Lipinski definition) is 2. The fourth-order valence-electron chi connectivity index (χ4n) is 0.368. The Morgan fingerprint density at radius 2 is 2.44 bits per heavy atom.